The van der Waals surface area contributed by atoms with Gasteiger partial charge in [-0.1, -0.05) is 19.1 Å². The second kappa shape index (κ2) is 28.5. The summed E-state index contributed by atoms with van der Waals surface area (Å²) in [6.07, 6.45) is 4.42. The smallest absolute Gasteiger partial charge is 0.378 e. The number of rotatable bonds is 21. The Bertz CT molecular complexity index is 6280. The molecule has 18 rings (SSSR count). The highest BCUT2D eigenvalue weighted by molar-refractivity contribution is 5.66. The summed E-state index contributed by atoms with van der Waals surface area (Å²) >= 11 is 0. The first-order chi connectivity index (χ1) is 55.5. The molecule has 14 aromatic rings. The summed E-state index contributed by atoms with van der Waals surface area (Å²) in [5.74, 6) is 1.09. The number of tetrazole rings is 2. The number of alkyl halides is 9. The fourth-order valence-corrected chi connectivity index (χ4v) is 18.9. The van der Waals surface area contributed by atoms with E-state index in [0.29, 0.717) is 108 Å². The Morgan fingerprint density at radius 2 is 1.01 bits per heavy atom. The first-order valence-corrected chi connectivity index (χ1v) is 38.2. The van der Waals surface area contributed by atoms with E-state index in [1.54, 1.807) is 85.8 Å². The van der Waals surface area contributed by atoms with E-state index in [1.807, 2.05) is 47.5 Å². The van der Waals surface area contributed by atoms with E-state index in [9.17, 15) is 53.9 Å². The average Bonchev–Trinajstić information content (AvgIpc) is 1.67. The molecule has 0 bridgehead atoms. The van der Waals surface area contributed by atoms with Crippen LogP contribution in [0.3, 0.4) is 0 Å². The number of hydrogen-bond donors (Lipinski definition) is 0. The van der Waals surface area contributed by atoms with Crippen LogP contribution in [0.2, 0.25) is 0 Å². The summed E-state index contributed by atoms with van der Waals surface area (Å²) in [6.45, 7) is 4.18. The Labute approximate surface area is 653 Å². The summed E-state index contributed by atoms with van der Waals surface area (Å²) < 4.78 is 154. The van der Waals surface area contributed by atoms with Gasteiger partial charge in [-0.2, -0.15) is 39.5 Å². The molecular formula is C79H77F9N24O4. The van der Waals surface area contributed by atoms with Crippen molar-refractivity contribution in [1.82, 2.24) is 117 Å². The molecule has 28 nitrogen and oxygen atoms in total. The van der Waals surface area contributed by atoms with Crippen LogP contribution in [0, 0.1) is 35.5 Å². The number of aryl methyl sites for hydroxylation is 4. The van der Waals surface area contributed by atoms with Gasteiger partial charge in [0, 0.05) is 121 Å². The van der Waals surface area contributed by atoms with Crippen LogP contribution in [-0.2, 0) is 64.5 Å². The van der Waals surface area contributed by atoms with Crippen LogP contribution in [0.25, 0.3) is 56.4 Å². The summed E-state index contributed by atoms with van der Waals surface area (Å²) in [5.41, 5.74) is -2.38. The largest absolute Gasteiger partial charge is 0.418 e. The third-order valence-electron chi connectivity index (χ3n) is 24.4. The van der Waals surface area contributed by atoms with Crippen molar-refractivity contribution in [3.63, 3.8) is 0 Å². The second-order valence-corrected chi connectivity index (χ2v) is 32.0. The summed E-state index contributed by atoms with van der Waals surface area (Å²) in [5, 5.41) is 52.2. The number of halogens is 9. The SMILES string of the molecule is COC1(CC2CC([C@@H](c3cc(-c4nnnn4CC4CC([C@H](c5cc(-c6nnnn6C)cc(-n6cc7c(C(F)(F)F)cccn7c6=O)c5)c5nncn5C)C4)cc(-n4cc5c(C(F)(F)F)cccn5c4=O)c3)c3nncn3C)C2)CC([C@@H](c2cccc(-n3cc4c(C(F)(F)F)cc(CN5CCC[C@H](C)C5)cn4c3=O)c2)c2nncn2C)C1. The predicted molar refractivity (Wildman–Crippen MR) is 400 cm³/mol. The molecule has 0 amide bonds. The lowest BCUT2D eigenvalue weighted by Crippen LogP contribution is -2.50. The highest BCUT2D eigenvalue weighted by Crippen LogP contribution is 2.57. The van der Waals surface area contributed by atoms with Crippen molar-refractivity contribution in [2.24, 2.45) is 63.7 Å². The van der Waals surface area contributed by atoms with Crippen LogP contribution < -0.4 is 17.1 Å². The number of fused-ring (bicyclic) bond motifs is 3. The lowest BCUT2D eigenvalue weighted by molar-refractivity contribution is -0.137. The van der Waals surface area contributed by atoms with Crippen LogP contribution >= 0.6 is 0 Å². The van der Waals surface area contributed by atoms with E-state index in [0.717, 1.165) is 73.7 Å². The molecule has 0 spiro atoms. The van der Waals surface area contributed by atoms with Gasteiger partial charge < -0.3 is 18.4 Å². The van der Waals surface area contributed by atoms with E-state index < -0.39 is 69.7 Å². The van der Waals surface area contributed by atoms with E-state index in [1.165, 1.54) is 56.9 Å². The number of hydrogen-bond acceptors (Lipinski definition) is 17. The Kier molecular flexibility index (Phi) is 18.5. The van der Waals surface area contributed by atoms with Crippen LogP contribution in [0.1, 0.15) is 139 Å². The molecule has 1 saturated heterocycles. The van der Waals surface area contributed by atoms with Gasteiger partial charge in [-0.15, -0.1) is 40.8 Å². The fraction of sp³-hybridized carbons (Fsp3) is 0.405. The summed E-state index contributed by atoms with van der Waals surface area (Å²) in [7, 11) is 8.82. The maximum atomic E-state index is 15.0. The van der Waals surface area contributed by atoms with Gasteiger partial charge in [0.2, 0.25) is 0 Å². The Balaban J connectivity index is 0.637. The topological polar surface area (TPSA) is 271 Å². The number of likely N-dealkylation sites (tertiary alicyclic amines) is 1. The maximum Gasteiger partial charge on any atom is 0.418 e. The molecule has 116 heavy (non-hydrogen) atoms. The summed E-state index contributed by atoms with van der Waals surface area (Å²) in [6, 6.07) is 23.2. The molecule has 3 aromatic carbocycles. The maximum absolute atomic E-state index is 15.0. The van der Waals surface area contributed by atoms with Crippen LogP contribution in [0.4, 0.5) is 39.5 Å². The zero-order valence-corrected chi connectivity index (χ0v) is 63.5. The average molecular weight is 1600 g/mol. The van der Waals surface area contributed by atoms with Gasteiger partial charge in [-0.05, 0) is 222 Å². The van der Waals surface area contributed by atoms with Crippen LogP contribution in [0.5, 0.6) is 0 Å². The molecule has 0 unspecified atom stereocenters. The predicted octanol–water partition coefficient (Wildman–Crippen LogP) is 11.4. The molecule has 4 atom stereocenters. The molecule has 600 valence electrons. The molecule has 0 radical (unpaired) electrons. The number of ether oxygens (including phenoxy) is 1. The van der Waals surface area contributed by atoms with Crippen molar-refractivity contribution in [3.8, 4) is 39.8 Å². The zero-order valence-electron chi connectivity index (χ0n) is 63.5. The number of piperidine rings is 1. The fourth-order valence-electron chi connectivity index (χ4n) is 18.9. The van der Waals surface area contributed by atoms with Crippen molar-refractivity contribution in [3.05, 3.63) is 235 Å². The van der Waals surface area contributed by atoms with E-state index in [-0.39, 0.29) is 82.3 Å². The first-order valence-electron chi connectivity index (χ1n) is 38.2. The van der Waals surface area contributed by atoms with Crippen LogP contribution in [0.15, 0.2) is 162 Å². The lowest BCUT2D eigenvalue weighted by Gasteiger charge is -2.53. The third-order valence-corrected chi connectivity index (χ3v) is 24.4. The number of aromatic nitrogens is 23. The van der Waals surface area contributed by atoms with Gasteiger partial charge in [0.15, 0.2) is 11.6 Å². The van der Waals surface area contributed by atoms with Crippen molar-refractivity contribution >= 4 is 16.6 Å². The molecule has 4 aliphatic rings. The lowest BCUT2D eigenvalue weighted by atomic mass is 9.57. The van der Waals surface area contributed by atoms with Gasteiger partial charge in [0.1, 0.15) is 36.5 Å². The number of imidazole rings is 3. The number of benzene rings is 3. The van der Waals surface area contributed by atoms with Crippen molar-refractivity contribution in [2.45, 2.75) is 120 Å². The number of methoxy groups -OCH3 is 1. The molecule has 4 fully saturated rings. The molecule has 12 heterocycles. The van der Waals surface area contributed by atoms with Gasteiger partial charge in [0.25, 0.3) is 0 Å². The first kappa shape index (κ1) is 75.3. The van der Waals surface area contributed by atoms with Crippen molar-refractivity contribution in [2.75, 3.05) is 20.2 Å². The van der Waals surface area contributed by atoms with E-state index in [4.69, 9.17) is 9.84 Å². The van der Waals surface area contributed by atoms with Gasteiger partial charge in [-0.3, -0.25) is 31.8 Å². The second-order valence-electron chi connectivity index (χ2n) is 32.0. The molecule has 0 N–H and O–H groups in total. The minimum atomic E-state index is -4.82. The van der Waals surface area contributed by atoms with E-state index in [2.05, 4.69) is 68.4 Å². The monoisotopic (exact) mass is 1600 g/mol. The number of nitrogens with zero attached hydrogens (tertiary/aromatic N) is 24. The molecule has 37 heteroatoms. The van der Waals surface area contributed by atoms with Gasteiger partial charge in [0.05, 0.1) is 55.9 Å². The minimum absolute atomic E-state index is 0.0634. The quantitative estimate of drug-likeness (QED) is 0.0605. The third kappa shape index (κ3) is 13.5. The van der Waals surface area contributed by atoms with Gasteiger partial charge in [-0.25, -0.2) is 23.7 Å². The minimum Gasteiger partial charge on any atom is -0.378 e. The van der Waals surface area contributed by atoms with Crippen molar-refractivity contribution in [1.29, 1.82) is 0 Å². The Hall–Kier alpha value is -12.0. The van der Waals surface area contributed by atoms with E-state index >= 15 is 0 Å². The van der Waals surface area contributed by atoms with Gasteiger partial charge >= 0.3 is 35.6 Å². The standard InChI is InChI=1S/C79H77F9N24O4/c1-44-11-8-16-105(34-44)35-47-23-61(79(86,87)88)64-40-108(75(115)111(64)36-47)56-13-7-12-48(26-56)65(70-92-89-41-101(70)2)55-32-76(33-55,116-6)31-45-19-49(20-45)66(71-93-90-42-102(71)3)52-25-54(30-58(28-52)110-39-63-60(78(83,84)85)15-10-18-107(63)74(110)114)69-96-98-100-112(69)37-46-21-50(22-46)67(72-94-91-43-103(72)4)51-24-53(68-95-97-99-104(68)5)29-57(27-51)109-38-62-59(77(80,81)82)14-9-17-106(62)73(109)113/h7,9-10,12-15,17-18,23-30,36,38-46,49-50,55,65-67H,8,11,16,19-22,31-35,37H2,1-6H3/t44-,45?,46?,49?,50?,55?,65+,66-,67+,76?/m0/s1. The molecule has 11 aromatic heterocycles. The highest BCUT2D eigenvalue weighted by atomic mass is 19.4. The molecule has 3 saturated carbocycles. The highest BCUT2D eigenvalue weighted by Gasteiger charge is 2.53. The zero-order chi connectivity index (χ0) is 80.8. The molecule has 3 aliphatic carbocycles. The Morgan fingerprint density at radius 3 is 1.52 bits per heavy atom. The molecular weight excluding hydrogens is 1520 g/mol. The Morgan fingerprint density at radius 1 is 0.517 bits per heavy atom. The number of pyridine rings is 3. The summed E-state index contributed by atoms with van der Waals surface area (Å²) in [4.78, 5) is 45.4. The van der Waals surface area contributed by atoms with Crippen LogP contribution in [-0.4, -0.2) is 142 Å². The normalized spacial score (nSPS) is 21.0. The van der Waals surface area contributed by atoms with Crippen molar-refractivity contribution < 1.29 is 44.3 Å². The molecule has 1 aliphatic heterocycles.